The molecule has 2 rings (SSSR count). The molecule has 0 saturated carbocycles. The van der Waals surface area contributed by atoms with Crippen LogP contribution in [0.1, 0.15) is 39.2 Å². The van der Waals surface area contributed by atoms with Crippen LogP contribution in [0.4, 0.5) is 4.79 Å². The first kappa shape index (κ1) is 16.3. The maximum atomic E-state index is 12.1. The van der Waals surface area contributed by atoms with Crippen LogP contribution >= 0.6 is 0 Å². The van der Waals surface area contributed by atoms with Crippen molar-refractivity contribution in [2.75, 3.05) is 13.1 Å². The number of carbonyl (C=O) groups is 1. The lowest BCUT2D eigenvalue weighted by Gasteiger charge is -2.30. The summed E-state index contributed by atoms with van der Waals surface area (Å²) in [7, 11) is 0. The van der Waals surface area contributed by atoms with E-state index in [0.29, 0.717) is 19.7 Å². The number of hydrogen-bond donors (Lipinski definition) is 0. The van der Waals surface area contributed by atoms with Crippen LogP contribution < -0.4 is 0 Å². The van der Waals surface area contributed by atoms with Gasteiger partial charge in [-0.1, -0.05) is 35.5 Å². The molecule has 1 heterocycles. The summed E-state index contributed by atoms with van der Waals surface area (Å²) in [6.45, 7) is 7.22. The molecule has 1 aromatic carbocycles. The van der Waals surface area contributed by atoms with Crippen molar-refractivity contribution in [3.05, 3.63) is 35.9 Å². The summed E-state index contributed by atoms with van der Waals surface area (Å²) in [6, 6.07) is 9.89. The molecule has 0 unspecified atom stereocenters. The second-order valence-electron chi connectivity index (χ2n) is 6.42. The topological polar surface area (TPSA) is 51.1 Å². The van der Waals surface area contributed by atoms with E-state index in [0.717, 1.165) is 24.1 Å². The summed E-state index contributed by atoms with van der Waals surface area (Å²) in [4.78, 5) is 19.1. The van der Waals surface area contributed by atoms with E-state index in [1.54, 1.807) is 4.90 Å². The smallest absolute Gasteiger partial charge is 0.410 e. The number of likely N-dealkylation sites (tertiary alicyclic amines) is 1. The van der Waals surface area contributed by atoms with Gasteiger partial charge in [-0.05, 0) is 39.2 Å². The molecule has 120 valence electrons. The van der Waals surface area contributed by atoms with Gasteiger partial charge < -0.3 is 14.5 Å². The van der Waals surface area contributed by atoms with Gasteiger partial charge in [-0.25, -0.2) is 4.79 Å². The van der Waals surface area contributed by atoms with Crippen LogP contribution in [-0.4, -0.2) is 35.4 Å². The molecule has 1 aliphatic heterocycles. The Bertz CT molecular complexity index is 520. The van der Waals surface area contributed by atoms with Crippen molar-refractivity contribution in [3.8, 4) is 0 Å². The number of amides is 1. The standard InChI is InChI=1S/C17H24N2O3/c1-17(2,3)22-16(20)19-11-7-10-15(12-19)18-21-13-14-8-5-4-6-9-14/h4-6,8-9H,7,10-13H2,1-3H3/b18-15-. The SMILES string of the molecule is CC(C)(C)OC(=O)N1CCC/C(=N/OCc2ccccc2)C1. The average molecular weight is 304 g/mol. The summed E-state index contributed by atoms with van der Waals surface area (Å²) in [6.07, 6.45) is 1.45. The molecule has 1 aliphatic rings. The molecule has 1 amide bonds. The van der Waals surface area contributed by atoms with Gasteiger partial charge in [-0.15, -0.1) is 0 Å². The molecule has 0 N–H and O–H groups in total. The second-order valence-corrected chi connectivity index (χ2v) is 6.42. The summed E-state index contributed by atoms with van der Waals surface area (Å²) < 4.78 is 5.39. The Morgan fingerprint density at radius 2 is 2.00 bits per heavy atom. The first-order valence-electron chi connectivity index (χ1n) is 7.63. The van der Waals surface area contributed by atoms with Crippen LogP contribution in [0.2, 0.25) is 0 Å². The molecule has 22 heavy (non-hydrogen) atoms. The van der Waals surface area contributed by atoms with E-state index in [1.807, 2.05) is 51.1 Å². The molecular formula is C17H24N2O3. The van der Waals surface area contributed by atoms with E-state index in [9.17, 15) is 4.79 Å². The molecule has 1 aromatic rings. The van der Waals surface area contributed by atoms with Gasteiger partial charge in [0.1, 0.15) is 12.2 Å². The number of carbonyl (C=O) groups excluding carboxylic acids is 1. The van der Waals surface area contributed by atoms with Gasteiger partial charge in [-0.3, -0.25) is 0 Å². The normalized spacial score (nSPS) is 17.4. The second kappa shape index (κ2) is 7.29. The number of oxime groups is 1. The van der Waals surface area contributed by atoms with Crippen LogP contribution in [0.25, 0.3) is 0 Å². The molecule has 0 aliphatic carbocycles. The third-order valence-corrected chi connectivity index (χ3v) is 3.19. The maximum Gasteiger partial charge on any atom is 0.410 e. The Kier molecular flexibility index (Phi) is 5.41. The number of nitrogens with zero attached hydrogens (tertiary/aromatic N) is 2. The quantitative estimate of drug-likeness (QED) is 0.802. The highest BCUT2D eigenvalue weighted by Gasteiger charge is 2.25. The predicted molar refractivity (Wildman–Crippen MR) is 85.7 cm³/mol. The zero-order valence-corrected chi connectivity index (χ0v) is 13.5. The van der Waals surface area contributed by atoms with E-state index in [-0.39, 0.29) is 6.09 Å². The number of hydrogen-bond acceptors (Lipinski definition) is 4. The third-order valence-electron chi connectivity index (χ3n) is 3.19. The lowest BCUT2D eigenvalue weighted by Crippen LogP contribution is -2.43. The summed E-state index contributed by atoms with van der Waals surface area (Å²) >= 11 is 0. The zero-order chi connectivity index (χ0) is 16.0. The van der Waals surface area contributed by atoms with E-state index in [1.165, 1.54) is 0 Å². The van der Waals surface area contributed by atoms with Gasteiger partial charge in [0.2, 0.25) is 0 Å². The molecule has 0 atom stereocenters. The lowest BCUT2D eigenvalue weighted by molar-refractivity contribution is 0.0262. The minimum Gasteiger partial charge on any atom is -0.444 e. The van der Waals surface area contributed by atoms with Gasteiger partial charge >= 0.3 is 6.09 Å². The first-order chi connectivity index (χ1) is 10.4. The summed E-state index contributed by atoms with van der Waals surface area (Å²) in [5, 5.41) is 4.17. The van der Waals surface area contributed by atoms with Crippen LogP contribution in [0.5, 0.6) is 0 Å². The van der Waals surface area contributed by atoms with Gasteiger partial charge in [0, 0.05) is 6.54 Å². The monoisotopic (exact) mass is 304 g/mol. The Hall–Kier alpha value is -2.04. The largest absolute Gasteiger partial charge is 0.444 e. The molecule has 0 bridgehead atoms. The van der Waals surface area contributed by atoms with E-state index in [2.05, 4.69) is 5.16 Å². The maximum absolute atomic E-state index is 12.1. The van der Waals surface area contributed by atoms with Crippen molar-refractivity contribution >= 4 is 11.8 Å². The fraction of sp³-hybridized carbons (Fsp3) is 0.529. The van der Waals surface area contributed by atoms with Crippen molar-refractivity contribution in [1.82, 2.24) is 4.90 Å². The van der Waals surface area contributed by atoms with E-state index in [4.69, 9.17) is 9.57 Å². The zero-order valence-electron chi connectivity index (χ0n) is 13.5. The minimum absolute atomic E-state index is 0.289. The molecule has 0 radical (unpaired) electrons. The van der Waals surface area contributed by atoms with Gasteiger partial charge in [0.05, 0.1) is 12.3 Å². The number of benzene rings is 1. The van der Waals surface area contributed by atoms with Crippen molar-refractivity contribution in [3.63, 3.8) is 0 Å². The highest BCUT2D eigenvalue weighted by Crippen LogP contribution is 2.14. The van der Waals surface area contributed by atoms with Crippen molar-refractivity contribution < 1.29 is 14.4 Å². The minimum atomic E-state index is -0.477. The van der Waals surface area contributed by atoms with Crippen LogP contribution in [0, 0.1) is 0 Å². The Labute approximate surface area is 131 Å². The van der Waals surface area contributed by atoms with Crippen molar-refractivity contribution in [1.29, 1.82) is 0 Å². The van der Waals surface area contributed by atoms with Gasteiger partial charge in [-0.2, -0.15) is 0 Å². The van der Waals surface area contributed by atoms with Gasteiger partial charge in [0.15, 0.2) is 0 Å². The Morgan fingerprint density at radius 3 is 2.68 bits per heavy atom. The van der Waals surface area contributed by atoms with Gasteiger partial charge in [0.25, 0.3) is 0 Å². The Balaban J connectivity index is 1.84. The van der Waals surface area contributed by atoms with Crippen molar-refractivity contribution in [2.45, 2.75) is 45.8 Å². The van der Waals surface area contributed by atoms with E-state index >= 15 is 0 Å². The highest BCUT2D eigenvalue weighted by atomic mass is 16.6. The predicted octanol–water partition coefficient (Wildman–Crippen LogP) is 3.59. The van der Waals surface area contributed by atoms with Crippen LogP contribution in [0.3, 0.4) is 0 Å². The van der Waals surface area contributed by atoms with Crippen LogP contribution in [0.15, 0.2) is 35.5 Å². The average Bonchev–Trinajstić information content (AvgIpc) is 2.47. The number of rotatable bonds is 3. The van der Waals surface area contributed by atoms with Crippen LogP contribution in [-0.2, 0) is 16.2 Å². The third kappa shape index (κ3) is 5.39. The lowest BCUT2D eigenvalue weighted by atomic mass is 10.1. The fourth-order valence-electron chi connectivity index (χ4n) is 2.18. The highest BCUT2D eigenvalue weighted by molar-refractivity contribution is 5.89. The van der Waals surface area contributed by atoms with Crippen molar-refractivity contribution in [2.24, 2.45) is 5.16 Å². The molecule has 0 aromatic heterocycles. The Morgan fingerprint density at radius 1 is 1.27 bits per heavy atom. The van der Waals surface area contributed by atoms with E-state index < -0.39 is 5.60 Å². The molecule has 5 heteroatoms. The summed E-state index contributed by atoms with van der Waals surface area (Å²) in [5.74, 6) is 0. The number of piperidine rings is 1. The summed E-state index contributed by atoms with van der Waals surface area (Å²) in [5.41, 5.74) is 1.48. The first-order valence-corrected chi connectivity index (χ1v) is 7.63. The fourth-order valence-corrected chi connectivity index (χ4v) is 2.18. The molecule has 0 spiro atoms. The molecular weight excluding hydrogens is 280 g/mol. The molecule has 1 saturated heterocycles. The molecule has 1 fully saturated rings. The number of ether oxygens (including phenoxy) is 1. The molecule has 5 nitrogen and oxygen atoms in total.